The SMILES string of the molecule is CCCNCc1ccc(-n2nc(C)c(CC)c2C)c(C)c1. The second kappa shape index (κ2) is 6.90. The lowest BCUT2D eigenvalue weighted by Crippen LogP contribution is -2.14. The maximum Gasteiger partial charge on any atom is 0.0678 e. The average molecular weight is 285 g/mol. The van der Waals surface area contributed by atoms with Crippen molar-refractivity contribution in [1.29, 1.82) is 0 Å². The number of nitrogens with zero attached hydrogens (tertiary/aromatic N) is 2. The molecule has 0 unspecified atom stereocenters. The third-order valence-electron chi connectivity index (χ3n) is 4.04. The fraction of sp³-hybridized carbons (Fsp3) is 0.500. The Balaban J connectivity index is 2.29. The van der Waals surface area contributed by atoms with E-state index < -0.39 is 0 Å². The molecule has 3 heteroatoms. The highest BCUT2D eigenvalue weighted by Gasteiger charge is 2.12. The van der Waals surface area contributed by atoms with E-state index >= 15 is 0 Å². The van der Waals surface area contributed by atoms with Crippen LogP contribution >= 0.6 is 0 Å². The Morgan fingerprint density at radius 2 is 1.90 bits per heavy atom. The molecule has 0 aliphatic carbocycles. The largest absolute Gasteiger partial charge is 0.313 e. The first-order valence-corrected chi connectivity index (χ1v) is 7.94. The van der Waals surface area contributed by atoms with Gasteiger partial charge >= 0.3 is 0 Å². The van der Waals surface area contributed by atoms with Crippen LogP contribution in [0.3, 0.4) is 0 Å². The smallest absolute Gasteiger partial charge is 0.0678 e. The molecule has 0 saturated carbocycles. The van der Waals surface area contributed by atoms with Crippen LogP contribution in [0, 0.1) is 20.8 Å². The van der Waals surface area contributed by atoms with E-state index in [0.29, 0.717) is 0 Å². The Bertz CT molecular complexity index is 611. The molecule has 114 valence electrons. The summed E-state index contributed by atoms with van der Waals surface area (Å²) in [6.45, 7) is 12.8. The van der Waals surface area contributed by atoms with Crippen LogP contribution in [-0.4, -0.2) is 16.3 Å². The van der Waals surface area contributed by atoms with Crippen LogP contribution in [0.15, 0.2) is 18.2 Å². The minimum Gasteiger partial charge on any atom is -0.313 e. The molecule has 0 radical (unpaired) electrons. The number of hydrogen-bond acceptors (Lipinski definition) is 2. The highest BCUT2D eigenvalue weighted by molar-refractivity contribution is 5.45. The van der Waals surface area contributed by atoms with Gasteiger partial charge in [-0.1, -0.05) is 26.0 Å². The number of rotatable bonds is 6. The predicted octanol–water partition coefficient (Wildman–Crippen LogP) is 3.86. The minimum absolute atomic E-state index is 0.937. The number of nitrogens with one attached hydrogen (secondary N) is 1. The molecule has 1 N–H and O–H groups in total. The van der Waals surface area contributed by atoms with E-state index in [-0.39, 0.29) is 0 Å². The molecule has 0 bridgehead atoms. The van der Waals surface area contributed by atoms with Crippen LogP contribution in [0.25, 0.3) is 5.69 Å². The Morgan fingerprint density at radius 1 is 1.14 bits per heavy atom. The first-order valence-electron chi connectivity index (χ1n) is 7.94. The van der Waals surface area contributed by atoms with E-state index in [4.69, 9.17) is 5.10 Å². The van der Waals surface area contributed by atoms with Gasteiger partial charge in [-0.2, -0.15) is 5.10 Å². The standard InChI is InChI=1S/C18H27N3/c1-6-10-19-12-16-8-9-18(13(3)11-16)21-15(5)17(7-2)14(4)20-21/h8-9,11,19H,6-7,10,12H2,1-5H3. The lowest BCUT2D eigenvalue weighted by Gasteiger charge is -2.11. The van der Waals surface area contributed by atoms with Crippen molar-refractivity contribution >= 4 is 0 Å². The van der Waals surface area contributed by atoms with Crippen molar-refractivity contribution in [3.63, 3.8) is 0 Å². The van der Waals surface area contributed by atoms with E-state index in [1.54, 1.807) is 0 Å². The Labute approximate surface area is 128 Å². The first kappa shape index (κ1) is 15.8. The summed E-state index contributed by atoms with van der Waals surface area (Å²) in [7, 11) is 0. The Kier molecular flexibility index (Phi) is 5.18. The van der Waals surface area contributed by atoms with Crippen molar-refractivity contribution in [2.45, 2.75) is 54.0 Å². The molecule has 0 atom stereocenters. The van der Waals surface area contributed by atoms with Gasteiger partial charge < -0.3 is 5.32 Å². The summed E-state index contributed by atoms with van der Waals surface area (Å²) in [5.74, 6) is 0. The van der Waals surface area contributed by atoms with Crippen LogP contribution in [0.1, 0.15) is 48.3 Å². The summed E-state index contributed by atoms with van der Waals surface area (Å²) in [4.78, 5) is 0. The van der Waals surface area contributed by atoms with Crippen LogP contribution in [0.4, 0.5) is 0 Å². The monoisotopic (exact) mass is 285 g/mol. The van der Waals surface area contributed by atoms with Gasteiger partial charge in [0.05, 0.1) is 11.4 Å². The van der Waals surface area contributed by atoms with Gasteiger partial charge in [-0.25, -0.2) is 4.68 Å². The van der Waals surface area contributed by atoms with E-state index in [9.17, 15) is 0 Å². The Hall–Kier alpha value is -1.61. The van der Waals surface area contributed by atoms with Crippen molar-refractivity contribution in [3.8, 4) is 5.69 Å². The van der Waals surface area contributed by atoms with Gasteiger partial charge in [-0.15, -0.1) is 0 Å². The van der Waals surface area contributed by atoms with Crippen molar-refractivity contribution in [2.75, 3.05) is 6.54 Å². The molecule has 0 saturated heterocycles. The topological polar surface area (TPSA) is 29.9 Å². The maximum atomic E-state index is 4.72. The molecule has 1 aromatic carbocycles. The fourth-order valence-electron chi connectivity index (χ4n) is 2.90. The molecule has 3 nitrogen and oxygen atoms in total. The molecule has 1 aromatic heterocycles. The molecule has 0 fully saturated rings. The quantitative estimate of drug-likeness (QED) is 0.817. The fourth-order valence-corrected chi connectivity index (χ4v) is 2.90. The van der Waals surface area contributed by atoms with Gasteiger partial charge in [-0.05, 0) is 62.9 Å². The zero-order valence-electron chi connectivity index (χ0n) is 14.0. The van der Waals surface area contributed by atoms with E-state index in [2.05, 4.69) is 62.8 Å². The maximum absolute atomic E-state index is 4.72. The van der Waals surface area contributed by atoms with Crippen LogP contribution in [0.5, 0.6) is 0 Å². The normalized spacial score (nSPS) is 11.1. The van der Waals surface area contributed by atoms with Crippen LogP contribution < -0.4 is 5.32 Å². The number of aryl methyl sites for hydroxylation is 2. The molecular formula is C18H27N3. The van der Waals surface area contributed by atoms with Crippen LogP contribution in [0.2, 0.25) is 0 Å². The van der Waals surface area contributed by atoms with Gasteiger partial charge in [0.25, 0.3) is 0 Å². The second-order valence-electron chi connectivity index (χ2n) is 5.71. The van der Waals surface area contributed by atoms with Crippen molar-refractivity contribution < 1.29 is 0 Å². The summed E-state index contributed by atoms with van der Waals surface area (Å²) in [6, 6.07) is 6.66. The first-order chi connectivity index (χ1) is 10.1. The van der Waals surface area contributed by atoms with E-state index in [0.717, 1.165) is 25.2 Å². The minimum atomic E-state index is 0.937. The molecule has 0 spiro atoms. The Morgan fingerprint density at radius 3 is 2.48 bits per heavy atom. The van der Waals surface area contributed by atoms with Crippen molar-refractivity contribution in [2.24, 2.45) is 0 Å². The highest BCUT2D eigenvalue weighted by atomic mass is 15.3. The molecule has 2 rings (SSSR count). The molecule has 0 aliphatic heterocycles. The summed E-state index contributed by atoms with van der Waals surface area (Å²) < 4.78 is 2.09. The summed E-state index contributed by atoms with van der Waals surface area (Å²) >= 11 is 0. The van der Waals surface area contributed by atoms with Gasteiger partial charge in [0.2, 0.25) is 0 Å². The summed E-state index contributed by atoms with van der Waals surface area (Å²) in [5, 5.41) is 8.17. The van der Waals surface area contributed by atoms with Gasteiger partial charge in [-0.3, -0.25) is 0 Å². The lowest BCUT2D eigenvalue weighted by molar-refractivity contribution is 0.675. The zero-order valence-corrected chi connectivity index (χ0v) is 14.0. The third-order valence-corrected chi connectivity index (χ3v) is 4.04. The lowest BCUT2D eigenvalue weighted by atomic mass is 10.1. The van der Waals surface area contributed by atoms with Crippen molar-refractivity contribution in [1.82, 2.24) is 15.1 Å². The van der Waals surface area contributed by atoms with Gasteiger partial charge in [0.1, 0.15) is 0 Å². The van der Waals surface area contributed by atoms with E-state index in [1.807, 2.05) is 0 Å². The highest BCUT2D eigenvalue weighted by Crippen LogP contribution is 2.21. The zero-order chi connectivity index (χ0) is 15.4. The molecule has 0 aliphatic rings. The molecule has 1 heterocycles. The summed E-state index contributed by atoms with van der Waals surface area (Å²) in [6.07, 6.45) is 2.21. The van der Waals surface area contributed by atoms with Gasteiger partial charge in [0.15, 0.2) is 0 Å². The van der Waals surface area contributed by atoms with E-state index in [1.165, 1.54) is 34.5 Å². The molecule has 0 amide bonds. The third kappa shape index (κ3) is 3.35. The molecule has 2 aromatic rings. The van der Waals surface area contributed by atoms with Gasteiger partial charge in [0, 0.05) is 12.2 Å². The average Bonchev–Trinajstić information content (AvgIpc) is 2.74. The number of benzene rings is 1. The molecular weight excluding hydrogens is 258 g/mol. The number of hydrogen-bond donors (Lipinski definition) is 1. The second-order valence-corrected chi connectivity index (χ2v) is 5.71. The molecule has 21 heavy (non-hydrogen) atoms. The summed E-state index contributed by atoms with van der Waals surface area (Å²) in [5.41, 5.74) is 7.57. The predicted molar refractivity (Wildman–Crippen MR) is 89.2 cm³/mol. The van der Waals surface area contributed by atoms with Crippen molar-refractivity contribution in [3.05, 3.63) is 46.3 Å². The van der Waals surface area contributed by atoms with Crippen LogP contribution in [-0.2, 0) is 13.0 Å². The number of aromatic nitrogens is 2.